The van der Waals surface area contributed by atoms with Gasteiger partial charge in [-0.2, -0.15) is 0 Å². The maximum atomic E-state index is 10.8. The maximum absolute atomic E-state index is 10.8. The van der Waals surface area contributed by atoms with Crippen molar-refractivity contribution in [2.24, 2.45) is 0 Å². The molecule has 0 saturated heterocycles. The van der Waals surface area contributed by atoms with Crippen molar-refractivity contribution in [1.82, 2.24) is 0 Å². The first kappa shape index (κ1) is 7.40. The molecule has 1 aromatic carbocycles. The van der Waals surface area contributed by atoms with Crippen LogP contribution in [0.15, 0.2) is 18.2 Å². The van der Waals surface area contributed by atoms with Crippen LogP contribution in [0.1, 0.15) is 10.4 Å². The second kappa shape index (κ2) is 2.49. The largest absolute Gasteiger partial charge is 0.869 e. The smallest absolute Gasteiger partial charge is 0.335 e. The molecule has 0 amide bonds. The van der Waals surface area contributed by atoms with E-state index in [1.54, 1.807) is 0 Å². The summed E-state index contributed by atoms with van der Waals surface area (Å²) in [4.78, 5) is 10.3. The lowest BCUT2D eigenvalue weighted by atomic mass is 10.2. The molecule has 0 unspecified atom stereocenters. The summed E-state index contributed by atoms with van der Waals surface area (Å²) >= 11 is 0. The van der Waals surface area contributed by atoms with Crippen molar-refractivity contribution in [3.05, 3.63) is 23.8 Å². The first-order valence-corrected chi connectivity index (χ1v) is 2.85. The standard InChI is InChI=1S/C7H6O4/c8-5-3-1-2-4(6(5)9)7(10)11/h1-3,8-9H,(H,10,11)/p-1. The van der Waals surface area contributed by atoms with Crippen LogP contribution in [0, 0.1) is 0 Å². The van der Waals surface area contributed by atoms with E-state index in [-0.39, 0.29) is 0 Å². The van der Waals surface area contributed by atoms with Crippen LogP contribution in [0.3, 0.4) is 0 Å². The Hall–Kier alpha value is -1.71. The van der Waals surface area contributed by atoms with E-state index in [1.165, 1.54) is 6.07 Å². The predicted octanol–water partition coefficient (Wildman–Crippen LogP) is 0.164. The topological polar surface area (TPSA) is 80.6 Å². The van der Waals surface area contributed by atoms with Crippen LogP contribution >= 0.6 is 0 Å². The third-order valence-corrected chi connectivity index (χ3v) is 1.22. The van der Waals surface area contributed by atoms with Crippen LogP contribution in [0.2, 0.25) is 0 Å². The predicted molar refractivity (Wildman–Crippen MR) is 34.5 cm³/mol. The van der Waals surface area contributed by atoms with Gasteiger partial charge in [-0.25, -0.2) is 4.79 Å². The number of benzene rings is 1. The molecule has 0 bridgehead atoms. The number of carbonyl (C=O) groups is 1. The Morgan fingerprint density at radius 3 is 2.55 bits per heavy atom. The first-order chi connectivity index (χ1) is 5.13. The number of carboxylic acids is 1. The molecular formula is C7H5O4-. The molecule has 58 valence electrons. The Balaban J connectivity index is 3.27. The molecule has 0 aliphatic heterocycles. The van der Waals surface area contributed by atoms with Crippen molar-refractivity contribution in [2.75, 3.05) is 0 Å². The molecule has 0 aromatic heterocycles. The van der Waals surface area contributed by atoms with Gasteiger partial charge in [0.2, 0.25) is 0 Å². The highest BCUT2D eigenvalue weighted by Gasteiger charge is 2.04. The number of carboxylic acid groups (broad SMARTS) is 1. The van der Waals surface area contributed by atoms with Crippen LogP contribution in [0.4, 0.5) is 0 Å². The Bertz CT molecular complexity index is 292. The Morgan fingerprint density at radius 1 is 1.45 bits per heavy atom. The van der Waals surface area contributed by atoms with Gasteiger partial charge in [-0.3, -0.25) is 0 Å². The van der Waals surface area contributed by atoms with Gasteiger partial charge in [0.25, 0.3) is 0 Å². The van der Waals surface area contributed by atoms with Gasteiger partial charge < -0.3 is 15.3 Å². The van der Waals surface area contributed by atoms with Gasteiger partial charge in [0.15, 0.2) is 0 Å². The minimum absolute atomic E-state index is 0.412. The molecule has 0 aliphatic rings. The van der Waals surface area contributed by atoms with Crippen LogP contribution in [0.5, 0.6) is 11.5 Å². The summed E-state index contributed by atoms with van der Waals surface area (Å²) in [6.45, 7) is 0. The molecule has 0 spiro atoms. The molecular weight excluding hydrogens is 148 g/mol. The SMILES string of the molecule is O=C(O)c1cccc(O)c1[O-]. The van der Waals surface area contributed by atoms with Crippen LogP contribution in [0.25, 0.3) is 0 Å². The van der Waals surface area contributed by atoms with Crippen LogP contribution in [-0.2, 0) is 0 Å². The highest BCUT2D eigenvalue weighted by atomic mass is 16.4. The van der Waals surface area contributed by atoms with Crippen molar-refractivity contribution >= 4 is 5.97 Å². The van der Waals surface area contributed by atoms with Gasteiger partial charge in [-0.15, -0.1) is 0 Å². The average molecular weight is 153 g/mol. The zero-order chi connectivity index (χ0) is 8.43. The molecule has 11 heavy (non-hydrogen) atoms. The molecule has 0 atom stereocenters. The lowest BCUT2D eigenvalue weighted by molar-refractivity contribution is -0.270. The van der Waals surface area contributed by atoms with E-state index in [0.717, 1.165) is 12.1 Å². The summed E-state index contributed by atoms with van der Waals surface area (Å²) in [5.74, 6) is -2.71. The summed E-state index contributed by atoms with van der Waals surface area (Å²) in [5.41, 5.74) is -0.412. The van der Waals surface area contributed by atoms with Gasteiger partial charge in [0.1, 0.15) is 5.75 Å². The molecule has 0 aliphatic carbocycles. The molecule has 0 radical (unpaired) electrons. The molecule has 4 nitrogen and oxygen atoms in total. The zero-order valence-electron chi connectivity index (χ0n) is 5.44. The quantitative estimate of drug-likeness (QED) is 0.602. The highest BCUT2D eigenvalue weighted by molar-refractivity contribution is 5.91. The second-order valence-corrected chi connectivity index (χ2v) is 1.96. The number of phenolic OH excluding ortho intramolecular Hbond substituents is 1. The Labute approximate surface area is 62.3 Å². The first-order valence-electron chi connectivity index (χ1n) is 2.85. The van der Waals surface area contributed by atoms with E-state index in [2.05, 4.69) is 0 Å². The van der Waals surface area contributed by atoms with Gasteiger partial charge >= 0.3 is 5.97 Å². The number of hydrogen-bond donors (Lipinski definition) is 2. The molecule has 1 rings (SSSR count). The van der Waals surface area contributed by atoms with E-state index in [0.29, 0.717) is 0 Å². The lowest BCUT2D eigenvalue weighted by Gasteiger charge is -2.10. The molecule has 2 N–H and O–H groups in total. The van der Waals surface area contributed by atoms with Gasteiger partial charge in [-0.05, 0) is 12.1 Å². The van der Waals surface area contributed by atoms with Crippen LogP contribution in [-0.4, -0.2) is 16.2 Å². The summed E-state index contributed by atoms with van der Waals surface area (Å²) in [5, 5.41) is 27.9. The van der Waals surface area contributed by atoms with Crippen molar-refractivity contribution in [3.8, 4) is 11.5 Å². The third-order valence-electron chi connectivity index (χ3n) is 1.22. The van der Waals surface area contributed by atoms with Crippen molar-refractivity contribution < 1.29 is 20.1 Å². The fourth-order valence-corrected chi connectivity index (χ4v) is 0.693. The monoisotopic (exact) mass is 153 g/mol. The van der Waals surface area contributed by atoms with E-state index in [9.17, 15) is 9.90 Å². The maximum Gasteiger partial charge on any atom is 0.335 e. The van der Waals surface area contributed by atoms with Crippen molar-refractivity contribution in [3.63, 3.8) is 0 Å². The normalized spacial score (nSPS) is 9.45. The average Bonchev–Trinajstić information content (AvgIpc) is 1.94. The molecule has 0 fully saturated rings. The van der Waals surface area contributed by atoms with E-state index in [4.69, 9.17) is 10.2 Å². The lowest BCUT2D eigenvalue weighted by Crippen LogP contribution is -2.03. The van der Waals surface area contributed by atoms with Gasteiger partial charge in [-0.1, -0.05) is 11.8 Å². The second-order valence-electron chi connectivity index (χ2n) is 1.96. The van der Waals surface area contributed by atoms with E-state index >= 15 is 0 Å². The Kier molecular flexibility index (Phi) is 1.68. The number of hydrogen-bond acceptors (Lipinski definition) is 3. The zero-order valence-corrected chi connectivity index (χ0v) is 5.44. The summed E-state index contributed by atoms with van der Waals surface area (Å²) in [6, 6.07) is 3.60. The van der Waals surface area contributed by atoms with Crippen molar-refractivity contribution in [1.29, 1.82) is 0 Å². The summed E-state index contributed by atoms with van der Waals surface area (Å²) in [7, 11) is 0. The number of aromatic hydroxyl groups is 1. The summed E-state index contributed by atoms with van der Waals surface area (Å²) < 4.78 is 0. The van der Waals surface area contributed by atoms with Crippen molar-refractivity contribution in [2.45, 2.75) is 0 Å². The Morgan fingerprint density at radius 2 is 2.09 bits per heavy atom. The van der Waals surface area contributed by atoms with E-state index in [1.807, 2.05) is 0 Å². The highest BCUT2D eigenvalue weighted by Crippen LogP contribution is 2.24. The molecule has 1 aromatic rings. The number of phenols is 1. The third kappa shape index (κ3) is 1.24. The number of aromatic carboxylic acids is 1. The van der Waals surface area contributed by atoms with Crippen LogP contribution < -0.4 is 5.11 Å². The van der Waals surface area contributed by atoms with E-state index < -0.39 is 23.0 Å². The fourth-order valence-electron chi connectivity index (χ4n) is 0.693. The number of para-hydroxylation sites is 1. The minimum atomic E-state index is -1.33. The van der Waals surface area contributed by atoms with Gasteiger partial charge in [0, 0.05) is 0 Å². The number of rotatable bonds is 1. The fraction of sp³-hybridized carbons (Fsp3) is 0. The summed E-state index contributed by atoms with van der Waals surface area (Å²) in [6.07, 6.45) is 0. The molecule has 0 saturated carbocycles. The molecule has 4 heteroatoms. The molecule has 0 heterocycles. The van der Waals surface area contributed by atoms with Gasteiger partial charge in [0.05, 0.1) is 5.56 Å². The minimum Gasteiger partial charge on any atom is -0.869 e.